The van der Waals surface area contributed by atoms with E-state index < -0.39 is 11.9 Å². The molecule has 0 aromatic heterocycles. The normalized spacial score (nSPS) is 9.88. The lowest BCUT2D eigenvalue weighted by Crippen LogP contribution is -2.21. The summed E-state index contributed by atoms with van der Waals surface area (Å²) in [5, 5.41) is 6.48. The second kappa shape index (κ2) is 8.46. The third-order valence-electron chi connectivity index (χ3n) is 3.22. The zero-order valence-corrected chi connectivity index (χ0v) is 15.0. The number of ether oxygens (including phenoxy) is 2. The molecule has 25 heavy (non-hydrogen) atoms. The first-order valence-electron chi connectivity index (χ1n) is 7.09. The molecular weight excluding hydrogens is 364 g/mol. The van der Waals surface area contributed by atoms with Crippen molar-refractivity contribution in [1.82, 2.24) is 0 Å². The fraction of sp³-hybridized carbons (Fsp3) is 0.118. The maximum absolute atomic E-state index is 11.9. The van der Waals surface area contributed by atoms with Gasteiger partial charge in [0.25, 0.3) is 0 Å². The molecule has 0 aliphatic rings. The Morgan fingerprint density at radius 3 is 2.24 bits per heavy atom. The Kier molecular flexibility index (Phi) is 6.32. The van der Waals surface area contributed by atoms with Crippen molar-refractivity contribution < 1.29 is 19.1 Å². The molecule has 0 aliphatic carbocycles. The molecule has 0 unspecified atom stereocenters. The van der Waals surface area contributed by atoms with Crippen LogP contribution < -0.4 is 10.6 Å². The summed E-state index contributed by atoms with van der Waals surface area (Å²) in [6, 6.07) is 11.4. The van der Waals surface area contributed by atoms with Gasteiger partial charge in [0.05, 0.1) is 41.7 Å². The number of nitrogens with one attached hydrogen (secondary N) is 2. The van der Waals surface area contributed by atoms with E-state index in [-0.39, 0.29) is 16.2 Å². The molecule has 0 spiro atoms. The van der Waals surface area contributed by atoms with Gasteiger partial charge in [-0.1, -0.05) is 23.7 Å². The van der Waals surface area contributed by atoms with Crippen LogP contribution in [0.3, 0.4) is 0 Å². The van der Waals surface area contributed by atoms with Crippen LogP contribution in [0.5, 0.6) is 0 Å². The number of anilines is 2. The quantitative estimate of drug-likeness (QED) is 0.620. The molecule has 0 amide bonds. The van der Waals surface area contributed by atoms with Crippen molar-refractivity contribution >= 4 is 52.2 Å². The fourth-order valence-corrected chi connectivity index (χ4v) is 2.42. The van der Waals surface area contributed by atoms with E-state index in [0.29, 0.717) is 16.4 Å². The van der Waals surface area contributed by atoms with Gasteiger partial charge in [0.15, 0.2) is 5.11 Å². The number of hydrogen-bond donors (Lipinski definition) is 2. The molecule has 2 aromatic rings. The molecular formula is C17H15ClN2O4S. The van der Waals surface area contributed by atoms with E-state index in [1.54, 1.807) is 24.3 Å². The van der Waals surface area contributed by atoms with Gasteiger partial charge in [-0.05, 0) is 42.5 Å². The maximum Gasteiger partial charge on any atom is 0.339 e. The summed E-state index contributed by atoms with van der Waals surface area (Å²) in [4.78, 5) is 23.6. The largest absolute Gasteiger partial charge is 0.465 e. The van der Waals surface area contributed by atoms with Gasteiger partial charge in [-0.25, -0.2) is 9.59 Å². The topological polar surface area (TPSA) is 76.7 Å². The van der Waals surface area contributed by atoms with Crippen molar-refractivity contribution in [2.75, 3.05) is 24.9 Å². The number of carbonyl (C=O) groups is 2. The lowest BCUT2D eigenvalue weighted by atomic mass is 10.1. The number of benzene rings is 2. The Morgan fingerprint density at radius 1 is 0.960 bits per heavy atom. The van der Waals surface area contributed by atoms with Crippen molar-refractivity contribution in [3.8, 4) is 0 Å². The van der Waals surface area contributed by atoms with E-state index in [2.05, 4.69) is 15.4 Å². The molecule has 6 nitrogen and oxygen atoms in total. The van der Waals surface area contributed by atoms with Crippen molar-refractivity contribution in [2.45, 2.75) is 0 Å². The Balaban J connectivity index is 2.29. The Morgan fingerprint density at radius 2 is 1.60 bits per heavy atom. The fourth-order valence-electron chi connectivity index (χ4n) is 2.02. The number of halogens is 1. The molecule has 2 aromatic carbocycles. The Hall–Kier alpha value is -2.64. The first-order valence-corrected chi connectivity index (χ1v) is 7.88. The number of esters is 2. The van der Waals surface area contributed by atoms with E-state index >= 15 is 0 Å². The molecule has 0 saturated carbocycles. The number of rotatable bonds is 4. The summed E-state index contributed by atoms with van der Waals surface area (Å²) in [7, 11) is 2.54. The van der Waals surface area contributed by atoms with Crippen LogP contribution in [0.2, 0.25) is 5.02 Å². The summed E-state index contributed by atoms with van der Waals surface area (Å²) in [5.41, 5.74) is 1.39. The number of carbonyl (C=O) groups excluding carboxylic acids is 2. The molecule has 2 N–H and O–H groups in total. The smallest absolute Gasteiger partial charge is 0.339 e. The van der Waals surface area contributed by atoms with E-state index in [1.807, 2.05) is 0 Å². The zero-order valence-electron chi connectivity index (χ0n) is 13.5. The number of para-hydroxylation sites is 1. The second-order valence-corrected chi connectivity index (χ2v) is 5.62. The van der Waals surface area contributed by atoms with Crippen LogP contribution >= 0.6 is 23.8 Å². The molecule has 0 saturated heterocycles. The zero-order chi connectivity index (χ0) is 18.4. The van der Waals surface area contributed by atoms with Gasteiger partial charge < -0.3 is 20.1 Å². The van der Waals surface area contributed by atoms with Crippen molar-refractivity contribution in [3.63, 3.8) is 0 Å². The van der Waals surface area contributed by atoms with Crippen molar-refractivity contribution in [2.24, 2.45) is 0 Å². The highest BCUT2D eigenvalue weighted by molar-refractivity contribution is 7.80. The first kappa shape index (κ1) is 18.7. The molecule has 0 aliphatic heterocycles. The van der Waals surface area contributed by atoms with Crippen LogP contribution in [-0.2, 0) is 9.47 Å². The van der Waals surface area contributed by atoms with Gasteiger partial charge in [0.2, 0.25) is 0 Å². The van der Waals surface area contributed by atoms with Crippen LogP contribution in [0.4, 0.5) is 11.4 Å². The number of methoxy groups -OCH3 is 2. The van der Waals surface area contributed by atoms with Gasteiger partial charge in [-0.3, -0.25) is 0 Å². The minimum Gasteiger partial charge on any atom is -0.465 e. The lowest BCUT2D eigenvalue weighted by Gasteiger charge is -2.15. The molecule has 0 radical (unpaired) electrons. The molecule has 2 rings (SSSR count). The predicted molar refractivity (Wildman–Crippen MR) is 100 cm³/mol. The van der Waals surface area contributed by atoms with E-state index in [4.69, 9.17) is 28.6 Å². The predicted octanol–water partition coefficient (Wildman–Crippen LogP) is 3.72. The minimum atomic E-state index is -0.570. The third-order valence-corrected chi connectivity index (χ3v) is 3.75. The van der Waals surface area contributed by atoms with Crippen molar-refractivity contribution in [3.05, 3.63) is 58.6 Å². The van der Waals surface area contributed by atoms with Gasteiger partial charge >= 0.3 is 11.9 Å². The monoisotopic (exact) mass is 378 g/mol. The SMILES string of the molecule is COC(=O)c1ccc(C(=O)OC)c(NC(=S)Nc2ccccc2Cl)c1. The second-order valence-electron chi connectivity index (χ2n) is 4.80. The molecule has 0 bridgehead atoms. The molecule has 130 valence electrons. The van der Waals surface area contributed by atoms with Crippen LogP contribution in [0, 0.1) is 0 Å². The van der Waals surface area contributed by atoms with Crippen LogP contribution in [0.1, 0.15) is 20.7 Å². The third kappa shape index (κ3) is 4.68. The summed E-state index contributed by atoms with van der Waals surface area (Å²) < 4.78 is 9.43. The van der Waals surface area contributed by atoms with Crippen LogP contribution in [0.25, 0.3) is 0 Å². The summed E-state index contributed by atoms with van der Waals surface area (Å²) in [5.74, 6) is -1.11. The molecule has 0 atom stereocenters. The average Bonchev–Trinajstić information content (AvgIpc) is 2.62. The highest BCUT2D eigenvalue weighted by atomic mass is 35.5. The van der Waals surface area contributed by atoms with E-state index in [9.17, 15) is 9.59 Å². The van der Waals surface area contributed by atoms with E-state index in [0.717, 1.165) is 0 Å². The van der Waals surface area contributed by atoms with Gasteiger partial charge in [0, 0.05) is 0 Å². The Labute approximate surface area is 155 Å². The first-order chi connectivity index (χ1) is 12.0. The standard InChI is InChI=1S/C17H15ClN2O4S/c1-23-15(21)10-7-8-11(16(22)24-2)14(9-10)20-17(25)19-13-6-4-3-5-12(13)18/h3-9H,1-2H3,(H2,19,20,25). The molecule has 8 heteroatoms. The maximum atomic E-state index is 11.9. The summed E-state index contributed by atoms with van der Waals surface area (Å²) in [6.07, 6.45) is 0. The molecule has 0 fully saturated rings. The highest BCUT2D eigenvalue weighted by Crippen LogP contribution is 2.23. The van der Waals surface area contributed by atoms with Gasteiger partial charge in [-0.2, -0.15) is 0 Å². The minimum absolute atomic E-state index is 0.195. The van der Waals surface area contributed by atoms with Gasteiger partial charge in [-0.15, -0.1) is 0 Å². The Bertz CT molecular complexity index is 826. The van der Waals surface area contributed by atoms with E-state index in [1.165, 1.54) is 32.4 Å². The average molecular weight is 379 g/mol. The summed E-state index contributed by atoms with van der Waals surface area (Å²) >= 11 is 11.3. The van der Waals surface area contributed by atoms with Crippen LogP contribution in [0.15, 0.2) is 42.5 Å². The lowest BCUT2D eigenvalue weighted by molar-refractivity contribution is 0.0587. The van der Waals surface area contributed by atoms with Gasteiger partial charge in [0.1, 0.15) is 0 Å². The molecule has 0 heterocycles. The van der Waals surface area contributed by atoms with Crippen molar-refractivity contribution in [1.29, 1.82) is 0 Å². The summed E-state index contributed by atoms with van der Waals surface area (Å²) in [6.45, 7) is 0. The number of hydrogen-bond acceptors (Lipinski definition) is 5. The number of thiocarbonyl (C=S) groups is 1. The van der Waals surface area contributed by atoms with Crippen LogP contribution in [-0.4, -0.2) is 31.3 Å². The highest BCUT2D eigenvalue weighted by Gasteiger charge is 2.16.